The molecule has 1 aromatic heterocycles. The molecule has 2 N–H and O–H groups in total. The van der Waals surface area contributed by atoms with Crippen LogP contribution in [0.4, 0.5) is 0 Å². The van der Waals surface area contributed by atoms with Crippen LogP contribution in [-0.2, 0) is 21.5 Å². The van der Waals surface area contributed by atoms with E-state index in [1.54, 1.807) is 14.2 Å². The van der Waals surface area contributed by atoms with E-state index in [0.717, 1.165) is 61.6 Å². The predicted molar refractivity (Wildman–Crippen MR) is 156 cm³/mol. The van der Waals surface area contributed by atoms with Crippen molar-refractivity contribution < 1.29 is 24.1 Å². The second-order valence-electron chi connectivity index (χ2n) is 11.3. The lowest BCUT2D eigenvalue weighted by molar-refractivity contribution is -0.137. The van der Waals surface area contributed by atoms with Gasteiger partial charge in [-0.25, -0.2) is 0 Å². The summed E-state index contributed by atoms with van der Waals surface area (Å²) in [5, 5.41) is 11.9. The second-order valence-corrected chi connectivity index (χ2v) is 11.3. The molecule has 2 aromatic carbocycles. The Kier molecular flexibility index (Phi) is 8.68. The highest BCUT2D eigenvalue weighted by atomic mass is 16.5. The topological polar surface area (TPSA) is 87.3 Å². The number of benzene rings is 2. The summed E-state index contributed by atoms with van der Waals surface area (Å²) >= 11 is 0. The van der Waals surface area contributed by atoms with Gasteiger partial charge in [0, 0.05) is 67.3 Å². The van der Waals surface area contributed by atoms with Crippen LogP contribution >= 0.6 is 0 Å². The van der Waals surface area contributed by atoms with Crippen LogP contribution in [0.2, 0.25) is 0 Å². The van der Waals surface area contributed by atoms with Crippen LogP contribution in [0, 0.1) is 5.92 Å². The summed E-state index contributed by atoms with van der Waals surface area (Å²) in [6, 6.07) is 14.2. The minimum atomic E-state index is -0.156. The maximum absolute atomic E-state index is 13.0. The van der Waals surface area contributed by atoms with E-state index >= 15 is 0 Å². The van der Waals surface area contributed by atoms with Crippen LogP contribution in [0.15, 0.2) is 42.5 Å². The monoisotopic (exact) mass is 549 g/mol. The highest BCUT2D eigenvalue weighted by Crippen LogP contribution is 2.49. The highest BCUT2D eigenvalue weighted by molar-refractivity contribution is 5.88. The number of nitrogens with zero attached hydrogens (tertiary/aromatic N) is 2. The van der Waals surface area contributed by atoms with E-state index in [1.165, 1.54) is 16.5 Å². The Hall–Kier alpha value is -3.07. The van der Waals surface area contributed by atoms with E-state index in [1.807, 2.05) is 31.2 Å². The van der Waals surface area contributed by atoms with Crippen molar-refractivity contribution >= 4 is 16.8 Å². The molecule has 1 saturated heterocycles. The van der Waals surface area contributed by atoms with Gasteiger partial charge in [0.15, 0.2) is 0 Å². The molecule has 2 aliphatic rings. The zero-order valence-electron chi connectivity index (χ0n) is 24.2. The molecule has 0 saturated carbocycles. The van der Waals surface area contributed by atoms with Crippen molar-refractivity contribution in [2.24, 2.45) is 5.92 Å². The van der Waals surface area contributed by atoms with Crippen LogP contribution in [-0.4, -0.2) is 79.5 Å². The molecule has 216 valence electrons. The maximum atomic E-state index is 13.0. The number of amides is 1. The summed E-state index contributed by atoms with van der Waals surface area (Å²) in [7, 11) is 3.35. The Morgan fingerprint density at radius 3 is 2.48 bits per heavy atom. The highest BCUT2D eigenvalue weighted by Gasteiger charge is 2.48. The third-order valence-electron chi connectivity index (χ3n) is 8.95. The SMILES string of the molecule is CCC(C)C(=O)N1CCC2(CC1)CN(Cc1ccc(OCCOC)cc1)C(CO)c1[nH]c3cc(OC)ccc3c12. The number of nitrogens with one attached hydrogen (secondary N) is 1. The molecule has 1 spiro atoms. The van der Waals surface area contributed by atoms with Gasteiger partial charge in [-0.3, -0.25) is 9.69 Å². The number of methoxy groups -OCH3 is 2. The van der Waals surface area contributed by atoms with Gasteiger partial charge in [-0.15, -0.1) is 0 Å². The van der Waals surface area contributed by atoms with E-state index in [0.29, 0.717) is 19.8 Å². The van der Waals surface area contributed by atoms with Gasteiger partial charge >= 0.3 is 0 Å². The Morgan fingerprint density at radius 2 is 1.82 bits per heavy atom. The van der Waals surface area contributed by atoms with E-state index in [-0.39, 0.29) is 29.9 Å². The number of carbonyl (C=O) groups excluding carboxylic acids is 1. The van der Waals surface area contributed by atoms with Crippen LogP contribution in [0.25, 0.3) is 10.9 Å². The first kappa shape index (κ1) is 28.5. The summed E-state index contributed by atoms with van der Waals surface area (Å²) < 4.78 is 16.3. The van der Waals surface area contributed by atoms with Gasteiger partial charge < -0.3 is 29.2 Å². The summed E-state index contributed by atoms with van der Waals surface area (Å²) in [5.74, 6) is 1.93. The molecule has 8 heteroatoms. The Balaban J connectivity index is 1.47. The van der Waals surface area contributed by atoms with Crippen molar-refractivity contribution in [3.63, 3.8) is 0 Å². The molecular weight excluding hydrogens is 506 g/mol. The molecule has 0 bridgehead atoms. The fraction of sp³-hybridized carbons (Fsp3) is 0.531. The number of H-pyrrole nitrogens is 1. The summed E-state index contributed by atoms with van der Waals surface area (Å²) in [6.45, 7) is 8.21. The fourth-order valence-corrected chi connectivity index (χ4v) is 6.50. The number of ether oxygens (including phenoxy) is 3. The average molecular weight is 550 g/mol. The van der Waals surface area contributed by atoms with Crippen molar-refractivity contribution in [1.82, 2.24) is 14.8 Å². The van der Waals surface area contributed by atoms with E-state index in [4.69, 9.17) is 14.2 Å². The zero-order chi connectivity index (χ0) is 28.3. The first-order chi connectivity index (χ1) is 19.4. The Bertz CT molecular complexity index is 1300. The number of aliphatic hydroxyl groups is 1. The number of hydrogen-bond acceptors (Lipinski definition) is 6. The quantitative estimate of drug-likeness (QED) is 0.358. The number of aromatic nitrogens is 1. The largest absolute Gasteiger partial charge is 0.497 e. The molecule has 2 unspecified atom stereocenters. The summed E-state index contributed by atoms with van der Waals surface area (Å²) in [5.41, 5.74) is 4.46. The van der Waals surface area contributed by atoms with Gasteiger partial charge in [0.2, 0.25) is 5.91 Å². The number of aromatic amines is 1. The van der Waals surface area contributed by atoms with Crippen LogP contribution in [0.5, 0.6) is 11.5 Å². The number of rotatable bonds is 10. The van der Waals surface area contributed by atoms with Gasteiger partial charge in [-0.2, -0.15) is 0 Å². The van der Waals surface area contributed by atoms with E-state index < -0.39 is 0 Å². The van der Waals surface area contributed by atoms with Crippen molar-refractivity contribution in [1.29, 1.82) is 0 Å². The number of piperidine rings is 1. The van der Waals surface area contributed by atoms with Gasteiger partial charge in [-0.1, -0.05) is 26.0 Å². The number of carbonyl (C=O) groups is 1. The average Bonchev–Trinajstić information content (AvgIpc) is 3.37. The lowest BCUT2D eigenvalue weighted by Crippen LogP contribution is -2.54. The molecule has 5 rings (SSSR count). The lowest BCUT2D eigenvalue weighted by Gasteiger charge is -2.50. The minimum absolute atomic E-state index is 0.0177. The lowest BCUT2D eigenvalue weighted by atomic mass is 9.68. The predicted octanol–water partition coefficient (Wildman–Crippen LogP) is 4.66. The molecule has 1 amide bonds. The molecule has 3 heterocycles. The molecule has 0 radical (unpaired) electrons. The number of fused-ring (bicyclic) bond motifs is 4. The van der Waals surface area contributed by atoms with Crippen LogP contribution in [0.3, 0.4) is 0 Å². The van der Waals surface area contributed by atoms with Gasteiger partial charge in [-0.05, 0) is 54.7 Å². The van der Waals surface area contributed by atoms with Crippen molar-refractivity contribution in [3.8, 4) is 11.5 Å². The van der Waals surface area contributed by atoms with Gasteiger partial charge in [0.1, 0.15) is 18.1 Å². The third kappa shape index (κ3) is 5.45. The van der Waals surface area contributed by atoms with Crippen LogP contribution in [0.1, 0.15) is 56.0 Å². The third-order valence-corrected chi connectivity index (χ3v) is 8.95. The van der Waals surface area contributed by atoms with Crippen LogP contribution < -0.4 is 9.47 Å². The number of hydrogen-bond donors (Lipinski definition) is 2. The van der Waals surface area contributed by atoms with E-state index in [9.17, 15) is 9.90 Å². The molecule has 2 aliphatic heterocycles. The van der Waals surface area contributed by atoms with Gasteiger partial charge in [0.25, 0.3) is 0 Å². The first-order valence-corrected chi connectivity index (χ1v) is 14.5. The zero-order valence-corrected chi connectivity index (χ0v) is 24.2. The molecule has 8 nitrogen and oxygen atoms in total. The van der Waals surface area contributed by atoms with E-state index in [2.05, 4.69) is 39.9 Å². The first-order valence-electron chi connectivity index (χ1n) is 14.5. The van der Waals surface area contributed by atoms with Crippen molar-refractivity contribution in [3.05, 3.63) is 59.3 Å². The molecule has 0 aliphatic carbocycles. The van der Waals surface area contributed by atoms with Crippen molar-refractivity contribution in [2.75, 3.05) is 53.7 Å². The van der Waals surface area contributed by atoms with Crippen molar-refractivity contribution in [2.45, 2.75) is 51.1 Å². The Labute approximate surface area is 237 Å². The summed E-state index contributed by atoms with van der Waals surface area (Å²) in [4.78, 5) is 21.2. The smallest absolute Gasteiger partial charge is 0.225 e. The molecule has 3 aromatic rings. The molecular formula is C32H43N3O5. The normalized spacial score (nSPS) is 19.5. The molecule has 1 fully saturated rings. The second kappa shape index (κ2) is 12.2. The molecule has 40 heavy (non-hydrogen) atoms. The summed E-state index contributed by atoms with van der Waals surface area (Å²) in [6.07, 6.45) is 2.64. The van der Waals surface area contributed by atoms with Gasteiger partial charge in [0.05, 0.1) is 26.4 Å². The number of likely N-dealkylation sites (tertiary alicyclic amines) is 1. The Morgan fingerprint density at radius 1 is 1.10 bits per heavy atom. The standard InChI is InChI=1S/C32H43N3O5/c1-5-22(2)31(37)34-14-12-32(13-15-34)21-35(19-23-6-8-24(9-7-23)40-17-16-38-3)28(20-36)30-29(32)26-11-10-25(39-4)18-27(26)33-30/h6-11,18,22,28,33,36H,5,12-17,19-21H2,1-4H3. The number of aliphatic hydroxyl groups excluding tert-OH is 1. The molecule has 2 atom stereocenters. The minimum Gasteiger partial charge on any atom is -0.497 e. The maximum Gasteiger partial charge on any atom is 0.225 e. The fourth-order valence-electron chi connectivity index (χ4n) is 6.50.